The number of halogens is 1. The summed E-state index contributed by atoms with van der Waals surface area (Å²) in [6.45, 7) is 6.21. The minimum Gasteiger partial charge on any atom is -0.365 e. The first-order valence-corrected chi connectivity index (χ1v) is 11.4. The highest BCUT2D eigenvalue weighted by Crippen LogP contribution is 2.26. The van der Waals surface area contributed by atoms with Gasteiger partial charge in [-0.2, -0.15) is 5.10 Å². The standard InChI is InChI=1S/C27H26FN5O/c1-19-5-3-7-24(15-19)32-14-13-31(18-20(32)2)27(34)25-16-26(21-6-4-12-29-17-21)33(30-25)23-10-8-22(28)9-11-23/h3-12,15-17,20H,13-14,18H2,1-2H3/t20-/m1/s1. The number of pyridine rings is 1. The summed E-state index contributed by atoms with van der Waals surface area (Å²) in [5, 5.41) is 4.64. The van der Waals surface area contributed by atoms with Crippen molar-refractivity contribution in [1.82, 2.24) is 19.7 Å². The van der Waals surface area contributed by atoms with E-state index in [9.17, 15) is 9.18 Å². The zero-order valence-corrected chi connectivity index (χ0v) is 19.2. The van der Waals surface area contributed by atoms with Gasteiger partial charge in [-0.25, -0.2) is 9.07 Å². The van der Waals surface area contributed by atoms with Gasteiger partial charge < -0.3 is 9.80 Å². The van der Waals surface area contributed by atoms with E-state index in [1.807, 2.05) is 17.0 Å². The normalized spacial score (nSPS) is 16.0. The SMILES string of the molecule is Cc1cccc(N2CCN(C(=O)c3cc(-c4cccnc4)n(-c4ccc(F)cc4)n3)C[C@H]2C)c1. The van der Waals surface area contributed by atoms with E-state index in [-0.39, 0.29) is 17.8 Å². The van der Waals surface area contributed by atoms with Crippen LogP contribution in [0.1, 0.15) is 23.0 Å². The van der Waals surface area contributed by atoms with Crippen LogP contribution in [0.3, 0.4) is 0 Å². The molecule has 1 aliphatic rings. The number of hydrogen-bond acceptors (Lipinski definition) is 4. The van der Waals surface area contributed by atoms with Crippen LogP contribution in [0.4, 0.5) is 10.1 Å². The Morgan fingerprint density at radius 1 is 1.00 bits per heavy atom. The van der Waals surface area contributed by atoms with Gasteiger partial charge in [0.15, 0.2) is 5.69 Å². The lowest BCUT2D eigenvalue weighted by Crippen LogP contribution is -2.53. The van der Waals surface area contributed by atoms with Gasteiger partial charge in [-0.05, 0) is 74.0 Å². The van der Waals surface area contributed by atoms with Gasteiger partial charge in [0.05, 0.1) is 11.4 Å². The molecule has 0 aliphatic carbocycles. The smallest absolute Gasteiger partial charge is 0.274 e. The third-order valence-corrected chi connectivity index (χ3v) is 6.20. The van der Waals surface area contributed by atoms with Crippen molar-refractivity contribution in [3.63, 3.8) is 0 Å². The fourth-order valence-corrected chi connectivity index (χ4v) is 4.48. The highest BCUT2D eigenvalue weighted by Gasteiger charge is 2.29. The molecule has 0 saturated carbocycles. The molecule has 2 aromatic carbocycles. The Balaban J connectivity index is 1.42. The van der Waals surface area contributed by atoms with Crippen LogP contribution in [-0.4, -0.2) is 51.2 Å². The maximum atomic E-state index is 13.5. The molecule has 5 rings (SSSR count). The van der Waals surface area contributed by atoms with Gasteiger partial charge in [0.25, 0.3) is 5.91 Å². The molecule has 1 aliphatic heterocycles. The van der Waals surface area contributed by atoms with Crippen molar-refractivity contribution >= 4 is 11.6 Å². The minimum atomic E-state index is -0.324. The summed E-state index contributed by atoms with van der Waals surface area (Å²) < 4.78 is 15.2. The molecule has 1 atom stereocenters. The summed E-state index contributed by atoms with van der Waals surface area (Å²) in [4.78, 5) is 21.9. The summed E-state index contributed by atoms with van der Waals surface area (Å²) in [5.41, 5.74) is 5.00. The van der Waals surface area contributed by atoms with Crippen molar-refractivity contribution in [3.05, 3.63) is 96.2 Å². The zero-order chi connectivity index (χ0) is 23.7. The molecule has 2 aromatic heterocycles. The second kappa shape index (κ2) is 9.09. The van der Waals surface area contributed by atoms with Crippen molar-refractivity contribution in [2.24, 2.45) is 0 Å². The van der Waals surface area contributed by atoms with Crippen molar-refractivity contribution in [2.45, 2.75) is 19.9 Å². The first kappa shape index (κ1) is 21.8. The third-order valence-electron chi connectivity index (χ3n) is 6.20. The summed E-state index contributed by atoms with van der Waals surface area (Å²) in [7, 11) is 0. The van der Waals surface area contributed by atoms with Gasteiger partial charge in [-0.3, -0.25) is 9.78 Å². The number of aryl methyl sites for hydroxylation is 1. The molecule has 0 radical (unpaired) electrons. The van der Waals surface area contributed by atoms with Crippen molar-refractivity contribution in [1.29, 1.82) is 0 Å². The number of rotatable bonds is 4. The Hall–Kier alpha value is -4.00. The van der Waals surface area contributed by atoms with E-state index in [1.165, 1.54) is 23.4 Å². The Labute approximate surface area is 198 Å². The first-order valence-electron chi connectivity index (χ1n) is 11.4. The summed E-state index contributed by atoms with van der Waals surface area (Å²) in [5.74, 6) is -0.433. The lowest BCUT2D eigenvalue weighted by molar-refractivity contribution is 0.0720. The number of amides is 1. The van der Waals surface area contributed by atoms with Gasteiger partial charge in [-0.15, -0.1) is 0 Å². The topological polar surface area (TPSA) is 54.3 Å². The van der Waals surface area contributed by atoms with E-state index in [4.69, 9.17) is 0 Å². The molecule has 3 heterocycles. The predicted octanol–water partition coefficient (Wildman–Crippen LogP) is 4.73. The Morgan fingerprint density at radius 3 is 2.53 bits per heavy atom. The Morgan fingerprint density at radius 2 is 1.82 bits per heavy atom. The second-order valence-electron chi connectivity index (χ2n) is 8.68. The number of carbonyl (C=O) groups is 1. The monoisotopic (exact) mass is 455 g/mol. The predicted molar refractivity (Wildman–Crippen MR) is 131 cm³/mol. The molecule has 0 spiro atoms. The number of nitrogens with zero attached hydrogens (tertiary/aromatic N) is 5. The zero-order valence-electron chi connectivity index (χ0n) is 19.2. The van der Waals surface area contributed by atoms with Crippen LogP contribution in [-0.2, 0) is 0 Å². The number of piperazine rings is 1. The molecule has 1 amide bonds. The van der Waals surface area contributed by atoms with E-state index in [0.717, 1.165) is 17.8 Å². The molecule has 34 heavy (non-hydrogen) atoms. The number of hydrogen-bond donors (Lipinski definition) is 0. The summed E-state index contributed by atoms with van der Waals surface area (Å²) in [6, 6.07) is 20.3. The largest absolute Gasteiger partial charge is 0.365 e. The van der Waals surface area contributed by atoms with Crippen molar-refractivity contribution in [3.8, 4) is 16.9 Å². The molecule has 0 bridgehead atoms. The average Bonchev–Trinajstić information content (AvgIpc) is 3.30. The van der Waals surface area contributed by atoms with Crippen LogP contribution in [0.25, 0.3) is 16.9 Å². The molecule has 0 N–H and O–H groups in total. The van der Waals surface area contributed by atoms with Gasteiger partial charge in [0, 0.05) is 49.3 Å². The maximum absolute atomic E-state index is 13.5. The highest BCUT2D eigenvalue weighted by molar-refractivity contribution is 5.94. The molecule has 172 valence electrons. The van der Waals surface area contributed by atoms with Crippen LogP contribution in [0, 0.1) is 12.7 Å². The highest BCUT2D eigenvalue weighted by atomic mass is 19.1. The lowest BCUT2D eigenvalue weighted by Gasteiger charge is -2.41. The van der Waals surface area contributed by atoms with Gasteiger partial charge >= 0.3 is 0 Å². The van der Waals surface area contributed by atoms with Crippen LogP contribution < -0.4 is 4.90 Å². The molecule has 4 aromatic rings. The number of carbonyl (C=O) groups excluding carboxylic acids is 1. The van der Waals surface area contributed by atoms with E-state index in [0.29, 0.717) is 24.5 Å². The van der Waals surface area contributed by atoms with E-state index in [1.54, 1.807) is 35.3 Å². The van der Waals surface area contributed by atoms with Gasteiger partial charge in [0.1, 0.15) is 5.82 Å². The Bertz CT molecular complexity index is 1300. The van der Waals surface area contributed by atoms with E-state index in [2.05, 4.69) is 53.1 Å². The van der Waals surface area contributed by atoms with Crippen LogP contribution in [0.2, 0.25) is 0 Å². The van der Waals surface area contributed by atoms with Crippen molar-refractivity contribution in [2.75, 3.05) is 24.5 Å². The quantitative estimate of drug-likeness (QED) is 0.446. The summed E-state index contributed by atoms with van der Waals surface area (Å²) >= 11 is 0. The number of anilines is 1. The average molecular weight is 456 g/mol. The fourth-order valence-electron chi connectivity index (χ4n) is 4.48. The molecule has 0 unspecified atom stereocenters. The van der Waals surface area contributed by atoms with Crippen LogP contribution in [0.15, 0.2) is 79.1 Å². The maximum Gasteiger partial charge on any atom is 0.274 e. The van der Waals surface area contributed by atoms with Crippen molar-refractivity contribution < 1.29 is 9.18 Å². The van der Waals surface area contributed by atoms with Crippen LogP contribution >= 0.6 is 0 Å². The first-order chi connectivity index (χ1) is 16.5. The number of benzene rings is 2. The molecular formula is C27H26FN5O. The third kappa shape index (κ3) is 4.29. The summed E-state index contributed by atoms with van der Waals surface area (Å²) in [6.07, 6.45) is 3.43. The molecule has 6 nitrogen and oxygen atoms in total. The Kier molecular flexibility index (Phi) is 5.84. The van der Waals surface area contributed by atoms with Gasteiger partial charge in [-0.1, -0.05) is 12.1 Å². The fraction of sp³-hybridized carbons (Fsp3) is 0.222. The second-order valence-corrected chi connectivity index (χ2v) is 8.68. The molecule has 7 heteroatoms. The molecular weight excluding hydrogens is 429 g/mol. The van der Waals surface area contributed by atoms with Crippen LogP contribution in [0.5, 0.6) is 0 Å². The number of aromatic nitrogens is 3. The minimum absolute atomic E-state index is 0.109. The van der Waals surface area contributed by atoms with Gasteiger partial charge in [0.2, 0.25) is 0 Å². The lowest BCUT2D eigenvalue weighted by atomic mass is 10.1. The molecule has 1 saturated heterocycles. The van der Waals surface area contributed by atoms with E-state index < -0.39 is 0 Å². The molecule has 1 fully saturated rings. The van der Waals surface area contributed by atoms with E-state index >= 15 is 0 Å².